The highest BCUT2D eigenvalue weighted by Crippen LogP contribution is 2.27. The Bertz CT molecular complexity index is 235. The number of ether oxygens (including phenoxy) is 2. The van der Waals surface area contributed by atoms with Crippen molar-refractivity contribution in [1.82, 2.24) is 10.6 Å². The topological polar surface area (TPSA) is 59.6 Å². The van der Waals surface area contributed by atoms with E-state index < -0.39 is 0 Å². The molecular formula is C11H22N2O3. The second-order valence-corrected chi connectivity index (χ2v) is 4.04. The molecule has 1 saturated carbocycles. The molecule has 5 nitrogen and oxygen atoms in total. The van der Waals surface area contributed by atoms with E-state index in [0.717, 1.165) is 6.42 Å². The SMILES string of the molecule is CCOC1CC(NC(C)C(=O)NC)C1OC. The predicted octanol–water partition coefficient (Wildman–Crippen LogP) is -0.0971. The van der Waals surface area contributed by atoms with Gasteiger partial charge in [-0.2, -0.15) is 0 Å². The second kappa shape index (κ2) is 6.18. The van der Waals surface area contributed by atoms with E-state index in [-0.39, 0.29) is 30.2 Å². The van der Waals surface area contributed by atoms with Crippen LogP contribution in [0.3, 0.4) is 0 Å². The first-order valence-electron chi connectivity index (χ1n) is 5.76. The van der Waals surface area contributed by atoms with Gasteiger partial charge in [0.05, 0.1) is 18.2 Å². The molecule has 94 valence electrons. The van der Waals surface area contributed by atoms with Gasteiger partial charge < -0.3 is 20.1 Å². The molecule has 0 aromatic heterocycles. The Morgan fingerprint density at radius 2 is 2.25 bits per heavy atom. The Kier molecular flexibility index (Phi) is 5.18. The van der Waals surface area contributed by atoms with Crippen LogP contribution in [0.25, 0.3) is 0 Å². The van der Waals surface area contributed by atoms with Crippen LogP contribution in [0, 0.1) is 0 Å². The number of amides is 1. The van der Waals surface area contributed by atoms with Crippen LogP contribution < -0.4 is 10.6 Å². The Balaban J connectivity index is 2.37. The van der Waals surface area contributed by atoms with Crippen LogP contribution in [0.5, 0.6) is 0 Å². The largest absolute Gasteiger partial charge is 0.377 e. The molecule has 1 fully saturated rings. The third-order valence-corrected chi connectivity index (χ3v) is 3.01. The molecule has 1 aliphatic carbocycles. The zero-order valence-corrected chi connectivity index (χ0v) is 10.4. The minimum atomic E-state index is -0.199. The summed E-state index contributed by atoms with van der Waals surface area (Å²) >= 11 is 0. The van der Waals surface area contributed by atoms with E-state index in [0.29, 0.717) is 6.61 Å². The standard InChI is InChI=1S/C11H22N2O3/c1-5-16-9-6-8(10(9)15-4)13-7(2)11(14)12-3/h7-10,13H,5-6H2,1-4H3,(H,12,14). The molecule has 1 rings (SSSR count). The van der Waals surface area contributed by atoms with Crippen LogP contribution in [0.4, 0.5) is 0 Å². The van der Waals surface area contributed by atoms with Crippen LogP contribution in [-0.4, -0.2) is 51.0 Å². The van der Waals surface area contributed by atoms with E-state index >= 15 is 0 Å². The van der Waals surface area contributed by atoms with Gasteiger partial charge in [0, 0.05) is 26.8 Å². The van der Waals surface area contributed by atoms with Crippen molar-refractivity contribution in [3.63, 3.8) is 0 Å². The summed E-state index contributed by atoms with van der Waals surface area (Å²) in [5.41, 5.74) is 0. The minimum Gasteiger partial charge on any atom is -0.377 e. The number of methoxy groups -OCH3 is 1. The average molecular weight is 230 g/mol. The van der Waals surface area contributed by atoms with Crippen molar-refractivity contribution in [3.8, 4) is 0 Å². The Labute approximate surface area is 96.9 Å². The summed E-state index contributed by atoms with van der Waals surface area (Å²) in [6.07, 6.45) is 1.10. The maximum Gasteiger partial charge on any atom is 0.236 e. The van der Waals surface area contributed by atoms with E-state index in [1.807, 2.05) is 13.8 Å². The van der Waals surface area contributed by atoms with Crippen molar-refractivity contribution >= 4 is 5.91 Å². The van der Waals surface area contributed by atoms with Crippen LogP contribution in [0.2, 0.25) is 0 Å². The number of hydrogen-bond acceptors (Lipinski definition) is 4. The first kappa shape index (κ1) is 13.4. The normalized spacial score (nSPS) is 30.6. The van der Waals surface area contributed by atoms with Gasteiger partial charge in [-0.25, -0.2) is 0 Å². The molecule has 0 spiro atoms. The molecule has 2 N–H and O–H groups in total. The fourth-order valence-electron chi connectivity index (χ4n) is 2.05. The molecule has 5 heteroatoms. The Hall–Kier alpha value is -0.650. The molecular weight excluding hydrogens is 208 g/mol. The first-order chi connectivity index (χ1) is 7.63. The van der Waals surface area contributed by atoms with Crippen LogP contribution in [0.1, 0.15) is 20.3 Å². The molecule has 4 unspecified atom stereocenters. The molecule has 0 heterocycles. The summed E-state index contributed by atoms with van der Waals surface area (Å²) < 4.78 is 10.9. The van der Waals surface area contributed by atoms with Gasteiger partial charge >= 0.3 is 0 Å². The Morgan fingerprint density at radius 3 is 2.75 bits per heavy atom. The number of hydrogen-bond donors (Lipinski definition) is 2. The smallest absolute Gasteiger partial charge is 0.236 e. The molecule has 0 aliphatic heterocycles. The lowest BCUT2D eigenvalue weighted by Crippen LogP contribution is -2.63. The predicted molar refractivity (Wildman–Crippen MR) is 61.3 cm³/mol. The van der Waals surface area contributed by atoms with E-state index in [1.54, 1.807) is 14.2 Å². The molecule has 0 saturated heterocycles. The van der Waals surface area contributed by atoms with E-state index in [9.17, 15) is 4.79 Å². The summed E-state index contributed by atoms with van der Waals surface area (Å²) in [5.74, 6) is -0.00490. The summed E-state index contributed by atoms with van der Waals surface area (Å²) in [6, 6.07) is 0.00377. The number of rotatable bonds is 6. The maximum atomic E-state index is 11.3. The summed E-state index contributed by atoms with van der Waals surface area (Å²) in [5, 5.41) is 5.85. The van der Waals surface area contributed by atoms with Crippen LogP contribution in [0.15, 0.2) is 0 Å². The van der Waals surface area contributed by atoms with Gasteiger partial charge in [0.15, 0.2) is 0 Å². The Morgan fingerprint density at radius 1 is 1.56 bits per heavy atom. The van der Waals surface area contributed by atoms with Crippen LogP contribution in [-0.2, 0) is 14.3 Å². The monoisotopic (exact) mass is 230 g/mol. The van der Waals surface area contributed by atoms with Gasteiger partial charge in [-0.3, -0.25) is 4.79 Å². The molecule has 0 bridgehead atoms. The summed E-state index contributed by atoms with van der Waals surface area (Å²) in [6.45, 7) is 4.52. The van der Waals surface area contributed by atoms with Gasteiger partial charge in [0.2, 0.25) is 5.91 Å². The summed E-state index contributed by atoms with van der Waals surface area (Å²) in [4.78, 5) is 11.3. The molecule has 0 radical (unpaired) electrons. The highest BCUT2D eigenvalue weighted by atomic mass is 16.5. The minimum absolute atomic E-state index is 0.00490. The average Bonchev–Trinajstić information content (AvgIpc) is 2.26. The van der Waals surface area contributed by atoms with Gasteiger partial charge in [-0.05, 0) is 20.3 Å². The quantitative estimate of drug-likeness (QED) is 0.669. The van der Waals surface area contributed by atoms with Crippen LogP contribution >= 0.6 is 0 Å². The molecule has 0 aromatic rings. The molecule has 1 aliphatic rings. The highest BCUT2D eigenvalue weighted by Gasteiger charge is 2.42. The number of carbonyl (C=O) groups is 1. The molecule has 1 amide bonds. The first-order valence-corrected chi connectivity index (χ1v) is 5.76. The van der Waals surface area contributed by atoms with E-state index in [2.05, 4.69) is 10.6 Å². The second-order valence-electron chi connectivity index (χ2n) is 4.04. The molecule has 16 heavy (non-hydrogen) atoms. The lowest BCUT2D eigenvalue weighted by Gasteiger charge is -2.44. The van der Waals surface area contributed by atoms with Gasteiger partial charge in [0.25, 0.3) is 0 Å². The van der Waals surface area contributed by atoms with Crippen molar-refractivity contribution in [2.45, 2.75) is 44.6 Å². The van der Waals surface area contributed by atoms with Crippen molar-refractivity contribution in [1.29, 1.82) is 0 Å². The highest BCUT2D eigenvalue weighted by molar-refractivity contribution is 5.80. The zero-order valence-electron chi connectivity index (χ0n) is 10.4. The fraction of sp³-hybridized carbons (Fsp3) is 0.909. The molecule has 4 atom stereocenters. The lowest BCUT2D eigenvalue weighted by molar-refractivity contribution is -0.137. The lowest BCUT2D eigenvalue weighted by atomic mass is 9.84. The third kappa shape index (κ3) is 2.93. The number of nitrogens with one attached hydrogen (secondary N) is 2. The maximum absolute atomic E-state index is 11.3. The number of carbonyl (C=O) groups excluding carboxylic acids is 1. The molecule has 0 aromatic carbocycles. The number of likely N-dealkylation sites (N-methyl/N-ethyl adjacent to an activating group) is 1. The summed E-state index contributed by atoms with van der Waals surface area (Å²) in [7, 11) is 3.31. The fourth-order valence-corrected chi connectivity index (χ4v) is 2.05. The zero-order chi connectivity index (χ0) is 12.1. The van der Waals surface area contributed by atoms with Gasteiger partial charge in [-0.1, -0.05) is 0 Å². The van der Waals surface area contributed by atoms with Crippen molar-refractivity contribution in [2.24, 2.45) is 0 Å². The van der Waals surface area contributed by atoms with Crippen molar-refractivity contribution in [2.75, 3.05) is 20.8 Å². The third-order valence-electron chi connectivity index (χ3n) is 3.01. The van der Waals surface area contributed by atoms with E-state index in [4.69, 9.17) is 9.47 Å². The van der Waals surface area contributed by atoms with Gasteiger partial charge in [-0.15, -0.1) is 0 Å². The van der Waals surface area contributed by atoms with Crippen molar-refractivity contribution < 1.29 is 14.3 Å². The van der Waals surface area contributed by atoms with E-state index in [1.165, 1.54) is 0 Å². The van der Waals surface area contributed by atoms with Crippen molar-refractivity contribution in [3.05, 3.63) is 0 Å². The van der Waals surface area contributed by atoms with Gasteiger partial charge in [0.1, 0.15) is 0 Å².